The van der Waals surface area contributed by atoms with Gasteiger partial charge in [-0.2, -0.15) is 0 Å². The Morgan fingerprint density at radius 2 is 1.94 bits per heavy atom. The van der Waals surface area contributed by atoms with Gasteiger partial charge in [-0.15, -0.1) is 0 Å². The predicted octanol–water partition coefficient (Wildman–Crippen LogP) is 3.27. The predicted molar refractivity (Wildman–Crippen MR) is 66.2 cm³/mol. The van der Waals surface area contributed by atoms with Crippen LogP contribution < -0.4 is 4.74 Å². The number of rotatable bonds is 2. The quantitative estimate of drug-likeness (QED) is 0.855. The van der Waals surface area contributed by atoms with Crippen molar-refractivity contribution in [1.29, 1.82) is 0 Å². The van der Waals surface area contributed by atoms with Crippen LogP contribution in [0.3, 0.4) is 0 Å². The van der Waals surface area contributed by atoms with E-state index in [-0.39, 0.29) is 0 Å². The number of fused-ring (bicyclic) bond motifs is 1. The first-order valence-corrected chi connectivity index (χ1v) is 5.47. The molecule has 0 amide bonds. The minimum Gasteiger partial charge on any atom is -0.495 e. The van der Waals surface area contributed by atoms with E-state index in [1.165, 1.54) is 14.2 Å². The van der Waals surface area contributed by atoms with Gasteiger partial charge in [0.05, 0.1) is 24.8 Å². The molecular formula is C11H9Cl2NO3. The summed E-state index contributed by atoms with van der Waals surface area (Å²) in [6.45, 7) is 0. The van der Waals surface area contributed by atoms with E-state index >= 15 is 0 Å². The van der Waals surface area contributed by atoms with Crippen LogP contribution in [0.1, 0.15) is 10.5 Å². The van der Waals surface area contributed by atoms with Gasteiger partial charge in [-0.05, 0) is 6.07 Å². The largest absolute Gasteiger partial charge is 0.495 e. The lowest BCUT2D eigenvalue weighted by Crippen LogP contribution is -2.00. The first-order chi connectivity index (χ1) is 8.08. The Morgan fingerprint density at radius 3 is 2.53 bits per heavy atom. The molecule has 0 spiro atoms. The van der Waals surface area contributed by atoms with E-state index in [2.05, 4.69) is 9.72 Å². The molecule has 1 N–H and O–H groups in total. The van der Waals surface area contributed by atoms with Crippen molar-refractivity contribution in [2.24, 2.45) is 0 Å². The number of methoxy groups -OCH3 is 2. The fourth-order valence-electron chi connectivity index (χ4n) is 1.56. The van der Waals surface area contributed by atoms with Crippen molar-refractivity contribution in [2.45, 2.75) is 0 Å². The Bertz CT molecular complexity index is 592. The summed E-state index contributed by atoms with van der Waals surface area (Å²) in [5.74, 6) is -0.0187. The van der Waals surface area contributed by atoms with Crippen LogP contribution in [0.2, 0.25) is 10.0 Å². The molecule has 0 unspecified atom stereocenters. The van der Waals surface area contributed by atoms with Crippen LogP contribution in [-0.4, -0.2) is 25.2 Å². The number of nitrogens with one attached hydrogen (secondary N) is 1. The summed E-state index contributed by atoms with van der Waals surface area (Å²) < 4.78 is 9.69. The van der Waals surface area contributed by atoms with Gasteiger partial charge in [0.25, 0.3) is 0 Å². The Hall–Kier alpha value is -1.39. The number of carbonyl (C=O) groups excluding carboxylic acids is 1. The summed E-state index contributed by atoms with van der Waals surface area (Å²) in [6.07, 6.45) is 0. The highest BCUT2D eigenvalue weighted by Gasteiger charge is 2.16. The van der Waals surface area contributed by atoms with Crippen molar-refractivity contribution in [3.05, 3.63) is 27.9 Å². The van der Waals surface area contributed by atoms with Gasteiger partial charge in [0.2, 0.25) is 0 Å². The molecule has 2 rings (SSSR count). The van der Waals surface area contributed by atoms with Crippen LogP contribution in [0, 0.1) is 0 Å². The third-order valence-electron chi connectivity index (χ3n) is 2.39. The molecule has 1 aromatic carbocycles. The van der Waals surface area contributed by atoms with Crippen molar-refractivity contribution in [1.82, 2.24) is 4.98 Å². The maximum absolute atomic E-state index is 11.4. The molecule has 0 saturated heterocycles. The standard InChI is InChI=1S/C11H9Cl2NO3/c1-16-8-4-6-5(9(12)10(8)13)3-7(14-6)11(15)17-2/h3-4,14H,1-2H3. The van der Waals surface area contributed by atoms with Gasteiger partial charge < -0.3 is 14.5 Å². The van der Waals surface area contributed by atoms with E-state index in [1.54, 1.807) is 12.1 Å². The van der Waals surface area contributed by atoms with Crippen LogP contribution in [0.15, 0.2) is 12.1 Å². The number of carbonyl (C=O) groups is 1. The SMILES string of the molecule is COC(=O)c1cc2c(Cl)c(Cl)c(OC)cc2[nH]1. The molecule has 0 bridgehead atoms. The fraction of sp³-hybridized carbons (Fsp3) is 0.182. The summed E-state index contributed by atoms with van der Waals surface area (Å²) in [5, 5.41) is 1.31. The zero-order valence-corrected chi connectivity index (χ0v) is 10.6. The Kier molecular flexibility index (Phi) is 3.17. The molecule has 0 aliphatic rings. The number of H-pyrrole nitrogens is 1. The minimum atomic E-state index is -0.465. The van der Waals surface area contributed by atoms with Crippen LogP contribution in [-0.2, 0) is 4.74 Å². The average molecular weight is 274 g/mol. The Labute approximate surface area is 107 Å². The summed E-state index contributed by atoms with van der Waals surface area (Å²) in [7, 11) is 2.80. The van der Waals surface area contributed by atoms with Crippen molar-refractivity contribution < 1.29 is 14.3 Å². The molecule has 1 aromatic heterocycles. The van der Waals surface area contributed by atoms with E-state index in [4.69, 9.17) is 27.9 Å². The molecule has 90 valence electrons. The molecule has 4 nitrogen and oxygen atoms in total. The lowest BCUT2D eigenvalue weighted by atomic mass is 10.2. The highest BCUT2D eigenvalue weighted by molar-refractivity contribution is 6.46. The van der Waals surface area contributed by atoms with Crippen molar-refractivity contribution >= 4 is 40.1 Å². The van der Waals surface area contributed by atoms with Crippen molar-refractivity contribution in [3.8, 4) is 5.75 Å². The molecule has 0 fully saturated rings. The number of benzene rings is 1. The minimum absolute atomic E-state index is 0.314. The summed E-state index contributed by atoms with van der Waals surface area (Å²) in [5.41, 5.74) is 0.977. The van der Waals surface area contributed by atoms with E-state index in [0.29, 0.717) is 32.4 Å². The van der Waals surface area contributed by atoms with Crippen LogP contribution in [0.25, 0.3) is 10.9 Å². The molecule has 0 radical (unpaired) electrons. The van der Waals surface area contributed by atoms with Crippen LogP contribution in [0.4, 0.5) is 0 Å². The highest BCUT2D eigenvalue weighted by Crippen LogP contribution is 2.38. The first-order valence-electron chi connectivity index (χ1n) is 4.71. The van der Waals surface area contributed by atoms with Crippen molar-refractivity contribution in [2.75, 3.05) is 14.2 Å². The van der Waals surface area contributed by atoms with Gasteiger partial charge in [-0.3, -0.25) is 0 Å². The number of esters is 1. The number of hydrogen-bond acceptors (Lipinski definition) is 3. The number of hydrogen-bond donors (Lipinski definition) is 1. The maximum atomic E-state index is 11.4. The van der Waals surface area contributed by atoms with E-state index < -0.39 is 5.97 Å². The smallest absolute Gasteiger partial charge is 0.354 e. The second-order valence-corrected chi connectivity index (χ2v) is 4.10. The molecule has 0 aliphatic carbocycles. The molecule has 0 aliphatic heterocycles. The van der Waals surface area contributed by atoms with Gasteiger partial charge in [-0.1, -0.05) is 23.2 Å². The molecule has 17 heavy (non-hydrogen) atoms. The molecule has 6 heteroatoms. The maximum Gasteiger partial charge on any atom is 0.354 e. The second kappa shape index (κ2) is 4.47. The zero-order chi connectivity index (χ0) is 12.6. The summed E-state index contributed by atoms with van der Waals surface area (Å²) in [6, 6.07) is 3.27. The van der Waals surface area contributed by atoms with Gasteiger partial charge in [0.1, 0.15) is 16.5 Å². The third kappa shape index (κ3) is 1.94. The lowest BCUT2D eigenvalue weighted by Gasteiger charge is -2.04. The molecular weight excluding hydrogens is 265 g/mol. The normalized spacial score (nSPS) is 10.6. The number of aromatic amines is 1. The Morgan fingerprint density at radius 1 is 1.24 bits per heavy atom. The van der Waals surface area contributed by atoms with Gasteiger partial charge in [-0.25, -0.2) is 4.79 Å². The number of aromatic nitrogens is 1. The van der Waals surface area contributed by atoms with Gasteiger partial charge in [0, 0.05) is 11.5 Å². The topological polar surface area (TPSA) is 51.3 Å². The van der Waals surface area contributed by atoms with Gasteiger partial charge in [0.15, 0.2) is 0 Å². The molecule has 0 atom stereocenters. The second-order valence-electron chi connectivity index (χ2n) is 3.34. The van der Waals surface area contributed by atoms with E-state index in [0.717, 1.165) is 0 Å². The van der Waals surface area contributed by atoms with Gasteiger partial charge >= 0.3 is 5.97 Å². The van der Waals surface area contributed by atoms with E-state index in [1.807, 2.05) is 0 Å². The summed E-state index contributed by atoms with van der Waals surface area (Å²) in [4.78, 5) is 14.3. The van der Waals surface area contributed by atoms with Crippen LogP contribution >= 0.6 is 23.2 Å². The van der Waals surface area contributed by atoms with E-state index in [9.17, 15) is 4.79 Å². The third-order valence-corrected chi connectivity index (χ3v) is 3.26. The summed E-state index contributed by atoms with van der Waals surface area (Å²) >= 11 is 12.1. The lowest BCUT2D eigenvalue weighted by molar-refractivity contribution is 0.0595. The van der Waals surface area contributed by atoms with Crippen LogP contribution in [0.5, 0.6) is 5.75 Å². The number of ether oxygens (including phenoxy) is 2. The monoisotopic (exact) mass is 273 g/mol. The number of halogens is 2. The van der Waals surface area contributed by atoms with Crippen molar-refractivity contribution in [3.63, 3.8) is 0 Å². The first kappa shape index (κ1) is 12.1. The zero-order valence-electron chi connectivity index (χ0n) is 9.14. The molecule has 2 aromatic rings. The fourth-order valence-corrected chi connectivity index (χ4v) is 2.04. The highest BCUT2D eigenvalue weighted by atomic mass is 35.5. The Balaban J connectivity index is 2.69. The molecule has 0 saturated carbocycles. The average Bonchev–Trinajstić information content (AvgIpc) is 2.76. The molecule has 1 heterocycles.